The fourth-order valence-corrected chi connectivity index (χ4v) is 7.93. The summed E-state index contributed by atoms with van der Waals surface area (Å²) in [5.74, 6) is 2.73. The zero-order chi connectivity index (χ0) is 12.5. The predicted octanol–water partition coefficient (Wildman–Crippen LogP) is 6.23. The second-order valence-corrected chi connectivity index (χ2v) is 10.7. The van der Waals surface area contributed by atoms with E-state index in [0.717, 1.165) is 10.5 Å². The first-order valence-corrected chi connectivity index (χ1v) is 12.1. The van der Waals surface area contributed by atoms with Gasteiger partial charge < -0.3 is 6.42 Å². The smallest absolute Gasteiger partial charge is 0.00370 e. The molecule has 0 amide bonds. The van der Waals surface area contributed by atoms with Crippen molar-refractivity contribution in [1.29, 1.82) is 0 Å². The van der Waals surface area contributed by atoms with Crippen LogP contribution in [-0.4, -0.2) is 22.0 Å². The molecule has 2 aliphatic heterocycles. The molecule has 0 radical (unpaired) electrons. The van der Waals surface area contributed by atoms with Crippen LogP contribution in [0.3, 0.4) is 0 Å². The van der Waals surface area contributed by atoms with Crippen LogP contribution in [-0.2, 0) is 19.5 Å². The van der Waals surface area contributed by atoms with Crippen molar-refractivity contribution in [3.05, 3.63) is 6.42 Å². The molecule has 0 bridgehead atoms. The molecule has 19 heavy (non-hydrogen) atoms. The molecule has 0 spiro atoms. The van der Waals surface area contributed by atoms with Crippen molar-refractivity contribution in [2.75, 3.05) is 11.5 Å². The van der Waals surface area contributed by atoms with Gasteiger partial charge in [0.25, 0.3) is 0 Å². The summed E-state index contributed by atoms with van der Waals surface area (Å²) < 4.78 is 0. The molecule has 0 aromatic rings. The average molecular weight is 387 g/mol. The molecular weight excluding hydrogens is 362 g/mol. The number of hydrogen-bond acceptors (Lipinski definition) is 4. The molecule has 0 aromatic carbocycles. The van der Waals surface area contributed by atoms with E-state index in [-0.39, 0.29) is 19.5 Å². The van der Waals surface area contributed by atoms with Gasteiger partial charge in [-0.2, -0.15) is 6.42 Å². The Labute approximate surface area is 148 Å². The molecule has 2 atom stereocenters. The molecule has 0 aromatic heterocycles. The third-order valence-corrected chi connectivity index (χ3v) is 9.46. The van der Waals surface area contributed by atoms with Crippen molar-refractivity contribution in [2.45, 2.75) is 68.3 Å². The molecular formula is C14H25S4Zn-. The molecule has 0 aliphatic carbocycles. The Bertz CT molecular complexity index is 178. The minimum Gasteiger partial charge on any atom is -0.314 e. The Balaban J connectivity index is 0.00000180. The van der Waals surface area contributed by atoms with Crippen LogP contribution in [0, 0.1) is 6.42 Å². The van der Waals surface area contributed by atoms with Gasteiger partial charge in [0.2, 0.25) is 0 Å². The normalized spacial score (nSPS) is 30.3. The minimum atomic E-state index is 0. The molecule has 0 saturated carbocycles. The van der Waals surface area contributed by atoms with Crippen molar-refractivity contribution < 1.29 is 19.5 Å². The second kappa shape index (κ2) is 12.6. The van der Waals surface area contributed by atoms with Gasteiger partial charge in [-0.25, -0.2) is 0 Å². The van der Waals surface area contributed by atoms with Gasteiger partial charge in [-0.15, -0.1) is 16.0 Å². The summed E-state index contributed by atoms with van der Waals surface area (Å²) >= 11 is 0. The van der Waals surface area contributed by atoms with Crippen LogP contribution in [0.15, 0.2) is 0 Å². The van der Waals surface area contributed by atoms with Crippen molar-refractivity contribution in [3.8, 4) is 0 Å². The molecule has 2 rings (SSSR count). The number of hydrogen-bond donors (Lipinski definition) is 0. The first-order valence-electron chi connectivity index (χ1n) is 7.35. The first-order chi connectivity index (χ1) is 8.95. The largest absolute Gasteiger partial charge is 0.314 e. The summed E-state index contributed by atoms with van der Waals surface area (Å²) in [6.07, 6.45) is 15.5. The molecule has 2 heterocycles. The summed E-state index contributed by atoms with van der Waals surface area (Å²) in [5, 5.41) is 1.72. The van der Waals surface area contributed by atoms with Gasteiger partial charge in [0, 0.05) is 31.0 Å². The van der Waals surface area contributed by atoms with Gasteiger partial charge in [0.15, 0.2) is 0 Å². The van der Waals surface area contributed by atoms with Gasteiger partial charge in [-0.1, -0.05) is 64.5 Å². The van der Waals surface area contributed by atoms with E-state index in [1.807, 2.05) is 0 Å². The molecule has 5 heteroatoms. The van der Waals surface area contributed by atoms with E-state index in [0.29, 0.717) is 0 Å². The fraction of sp³-hybridized carbons (Fsp3) is 0.929. The molecule has 108 valence electrons. The fourth-order valence-electron chi connectivity index (χ4n) is 2.39. The van der Waals surface area contributed by atoms with Crippen LogP contribution in [0.5, 0.6) is 0 Å². The van der Waals surface area contributed by atoms with E-state index >= 15 is 0 Å². The minimum absolute atomic E-state index is 0. The van der Waals surface area contributed by atoms with E-state index in [1.54, 1.807) is 0 Å². The second-order valence-electron chi connectivity index (χ2n) is 5.17. The maximum Gasteiger partial charge on any atom is 0.00370 e. The van der Waals surface area contributed by atoms with E-state index in [4.69, 9.17) is 0 Å². The first kappa shape index (κ1) is 19.1. The Morgan fingerprint density at radius 3 is 2.26 bits per heavy atom. The predicted molar refractivity (Wildman–Crippen MR) is 93.5 cm³/mol. The van der Waals surface area contributed by atoms with E-state index in [1.165, 1.54) is 69.3 Å². The van der Waals surface area contributed by atoms with Gasteiger partial charge in [0.05, 0.1) is 0 Å². The summed E-state index contributed by atoms with van der Waals surface area (Å²) in [6.45, 7) is 0. The summed E-state index contributed by atoms with van der Waals surface area (Å²) in [5.41, 5.74) is 0. The zero-order valence-corrected chi connectivity index (χ0v) is 18.1. The van der Waals surface area contributed by atoms with Gasteiger partial charge in [0.1, 0.15) is 0 Å². The topological polar surface area (TPSA) is 0 Å². The molecule has 0 nitrogen and oxygen atoms in total. The van der Waals surface area contributed by atoms with Crippen LogP contribution in [0.1, 0.15) is 57.8 Å². The molecule has 2 aliphatic rings. The Morgan fingerprint density at radius 2 is 1.47 bits per heavy atom. The van der Waals surface area contributed by atoms with Crippen LogP contribution in [0.25, 0.3) is 0 Å². The molecule has 2 unspecified atom stereocenters. The van der Waals surface area contributed by atoms with Crippen molar-refractivity contribution in [3.63, 3.8) is 0 Å². The van der Waals surface area contributed by atoms with Crippen LogP contribution in [0.2, 0.25) is 0 Å². The van der Waals surface area contributed by atoms with E-state index in [2.05, 4.69) is 49.6 Å². The average Bonchev–Trinajstić information content (AvgIpc) is 2.29. The van der Waals surface area contributed by atoms with E-state index in [9.17, 15) is 0 Å². The maximum absolute atomic E-state index is 2.64. The maximum atomic E-state index is 2.64. The summed E-state index contributed by atoms with van der Waals surface area (Å²) in [7, 11) is 8.53. The monoisotopic (exact) mass is 385 g/mol. The molecule has 2 fully saturated rings. The van der Waals surface area contributed by atoms with E-state index < -0.39 is 0 Å². The van der Waals surface area contributed by atoms with Crippen molar-refractivity contribution in [1.82, 2.24) is 0 Å². The van der Waals surface area contributed by atoms with Gasteiger partial charge >= 0.3 is 0 Å². The molecule has 0 N–H and O–H groups in total. The number of rotatable bonds is 3. The van der Waals surface area contributed by atoms with Crippen LogP contribution >= 0.6 is 43.2 Å². The quantitative estimate of drug-likeness (QED) is 0.320. The van der Waals surface area contributed by atoms with Crippen LogP contribution in [0.4, 0.5) is 0 Å². The van der Waals surface area contributed by atoms with Crippen molar-refractivity contribution >= 4 is 43.2 Å². The van der Waals surface area contributed by atoms with Gasteiger partial charge in [-0.05, 0) is 24.5 Å². The van der Waals surface area contributed by atoms with Crippen molar-refractivity contribution in [2.24, 2.45) is 0 Å². The summed E-state index contributed by atoms with van der Waals surface area (Å²) in [6, 6.07) is 0. The third kappa shape index (κ3) is 8.91. The standard InChI is InChI=1S/C14H25S4.Zn/c1-3-7-13(17-15-11-5-1)9-10-14-8-4-2-6-12-16-18-14;/h9,13-14H,1-8,10-12H2;/q-1;. The summed E-state index contributed by atoms with van der Waals surface area (Å²) in [4.78, 5) is 0. The third-order valence-electron chi connectivity index (χ3n) is 3.53. The SMILES string of the molecule is [CH-](CC1CCCCCSS1)C1CCCCCSS1.[Zn]. The molecule has 2 saturated heterocycles. The Morgan fingerprint density at radius 1 is 0.789 bits per heavy atom. The van der Waals surface area contributed by atoms with Crippen LogP contribution < -0.4 is 0 Å². The zero-order valence-electron chi connectivity index (χ0n) is 11.9. The Kier molecular flexibility index (Phi) is 12.6. The van der Waals surface area contributed by atoms with Gasteiger partial charge in [-0.3, -0.25) is 0 Å². The Hall–Kier alpha value is 2.02.